The zero-order valence-corrected chi connectivity index (χ0v) is 15.4. The van der Waals surface area contributed by atoms with Gasteiger partial charge in [-0.3, -0.25) is 4.79 Å². The predicted molar refractivity (Wildman–Crippen MR) is 111 cm³/mol. The molecule has 1 fully saturated rings. The zero-order chi connectivity index (χ0) is 17.9. The molecule has 3 aromatic rings. The quantitative estimate of drug-likeness (QED) is 0.518. The summed E-state index contributed by atoms with van der Waals surface area (Å²) in [5.74, 6) is 0.573. The smallest absolute Gasteiger partial charge is 0.263 e. The van der Waals surface area contributed by atoms with Crippen molar-refractivity contribution >= 4 is 51.1 Å². The number of benzene rings is 3. The topological polar surface area (TPSA) is 38.3 Å². The molecular weight excluding hydrogens is 362 g/mol. The van der Waals surface area contributed by atoms with Crippen molar-refractivity contribution in [3.05, 3.63) is 82.8 Å². The maximum absolute atomic E-state index is 11.9. The lowest BCUT2D eigenvalue weighted by Crippen LogP contribution is -2.17. The van der Waals surface area contributed by atoms with E-state index in [1.54, 1.807) is 0 Å². The van der Waals surface area contributed by atoms with E-state index >= 15 is 0 Å². The van der Waals surface area contributed by atoms with E-state index in [1.807, 2.05) is 42.5 Å². The van der Waals surface area contributed by atoms with Gasteiger partial charge in [0.05, 0.1) is 4.91 Å². The third-order valence-corrected chi connectivity index (χ3v) is 5.22. The number of carbonyl (C=O) groups excluding carboxylic acids is 1. The van der Waals surface area contributed by atoms with Gasteiger partial charge in [-0.25, -0.2) is 0 Å². The van der Waals surface area contributed by atoms with E-state index in [0.29, 0.717) is 15.8 Å². The zero-order valence-electron chi connectivity index (χ0n) is 13.8. The normalized spacial score (nSPS) is 15.5. The van der Waals surface area contributed by atoms with Gasteiger partial charge in [-0.1, -0.05) is 78.6 Å². The average molecular weight is 377 g/mol. The summed E-state index contributed by atoms with van der Waals surface area (Å²) in [6.45, 7) is 0.461. The standard InChI is InChI=1S/C21H15NO2S2/c23-20-19(26-21(25)22-20)12-17-7-3-4-8-18(17)24-13-14-9-10-15-5-1-2-6-16(15)11-14/h1-12H,13H2,(H,22,23,25)/b19-12+. The number of amides is 1. The second kappa shape index (κ2) is 7.32. The molecule has 1 aliphatic heterocycles. The number of hydrogen-bond acceptors (Lipinski definition) is 4. The van der Waals surface area contributed by atoms with Crippen molar-refractivity contribution in [2.75, 3.05) is 0 Å². The highest BCUT2D eigenvalue weighted by Crippen LogP contribution is 2.29. The summed E-state index contributed by atoms with van der Waals surface area (Å²) in [6, 6.07) is 22.2. The van der Waals surface area contributed by atoms with Crippen LogP contribution in [0.3, 0.4) is 0 Å². The molecule has 0 aromatic heterocycles. The molecule has 1 saturated heterocycles. The van der Waals surface area contributed by atoms with Crippen molar-refractivity contribution in [3.8, 4) is 5.75 Å². The summed E-state index contributed by atoms with van der Waals surface area (Å²) in [6.07, 6.45) is 1.81. The van der Waals surface area contributed by atoms with E-state index in [4.69, 9.17) is 17.0 Å². The predicted octanol–water partition coefficient (Wildman–Crippen LogP) is 4.91. The van der Waals surface area contributed by atoms with Crippen molar-refractivity contribution in [1.82, 2.24) is 5.32 Å². The van der Waals surface area contributed by atoms with Gasteiger partial charge in [-0.2, -0.15) is 0 Å². The Kier molecular flexibility index (Phi) is 4.73. The van der Waals surface area contributed by atoms with E-state index in [0.717, 1.165) is 16.9 Å². The van der Waals surface area contributed by atoms with Crippen molar-refractivity contribution in [1.29, 1.82) is 0 Å². The number of hydrogen-bond donors (Lipinski definition) is 1. The molecule has 1 heterocycles. The minimum absolute atomic E-state index is 0.163. The third kappa shape index (κ3) is 3.64. The van der Waals surface area contributed by atoms with Crippen LogP contribution in [0, 0.1) is 0 Å². The fourth-order valence-corrected chi connectivity index (χ4v) is 3.82. The molecule has 5 heteroatoms. The van der Waals surface area contributed by atoms with Crippen LogP contribution in [-0.2, 0) is 11.4 Å². The molecule has 0 atom stereocenters. The van der Waals surface area contributed by atoms with Crippen LogP contribution in [-0.4, -0.2) is 10.2 Å². The lowest BCUT2D eigenvalue weighted by atomic mass is 10.1. The first-order valence-corrected chi connectivity index (χ1v) is 9.36. The third-order valence-electron chi connectivity index (χ3n) is 4.06. The van der Waals surface area contributed by atoms with Gasteiger partial charge < -0.3 is 10.1 Å². The number of fused-ring (bicyclic) bond motifs is 1. The summed E-state index contributed by atoms with van der Waals surface area (Å²) in [4.78, 5) is 12.5. The Morgan fingerprint density at radius 2 is 1.77 bits per heavy atom. The Morgan fingerprint density at radius 3 is 2.58 bits per heavy atom. The van der Waals surface area contributed by atoms with Gasteiger partial charge >= 0.3 is 0 Å². The summed E-state index contributed by atoms with van der Waals surface area (Å²) in [7, 11) is 0. The van der Waals surface area contributed by atoms with E-state index in [1.165, 1.54) is 22.5 Å². The molecule has 3 aromatic carbocycles. The largest absolute Gasteiger partial charge is 0.488 e. The molecule has 128 valence electrons. The second-order valence-electron chi connectivity index (χ2n) is 5.86. The number of rotatable bonds is 4. The van der Waals surface area contributed by atoms with E-state index < -0.39 is 0 Å². The van der Waals surface area contributed by atoms with Gasteiger partial charge in [0.1, 0.15) is 16.7 Å². The van der Waals surface area contributed by atoms with Crippen LogP contribution in [0.25, 0.3) is 16.8 Å². The van der Waals surface area contributed by atoms with Crippen LogP contribution < -0.4 is 10.1 Å². The van der Waals surface area contributed by atoms with E-state index in [2.05, 4.69) is 35.6 Å². The van der Waals surface area contributed by atoms with E-state index in [-0.39, 0.29) is 5.91 Å². The Morgan fingerprint density at radius 1 is 1.00 bits per heavy atom. The molecule has 0 unspecified atom stereocenters. The molecule has 0 aliphatic carbocycles. The SMILES string of the molecule is O=C1NC(=S)S/C1=C/c1ccccc1OCc1ccc2ccccc2c1. The molecule has 3 nitrogen and oxygen atoms in total. The molecule has 0 bridgehead atoms. The molecule has 26 heavy (non-hydrogen) atoms. The Hall–Kier alpha value is -2.63. The van der Waals surface area contributed by atoms with Gasteiger partial charge in [0, 0.05) is 5.56 Å². The second-order valence-corrected chi connectivity index (χ2v) is 7.58. The van der Waals surface area contributed by atoms with Crippen molar-refractivity contribution in [3.63, 3.8) is 0 Å². The molecular formula is C21H15NO2S2. The number of nitrogens with one attached hydrogen (secondary N) is 1. The number of ether oxygens (including phenoxy) is 1. The lowest BCUT2D eigenvalue weighted by molar-refractivity contribution is -0.115. The van der Waals surface area contributed by atoms with Crippen LogP contribution in [0.15, 0.2) is 71.6 Å². The van der Waals surface area contributed by atoms with E-state index in [9.17, 15) is 4.79 Å². The molecule has 0 radical (unpaired) electrons. The van der Waals surface area contributed by atoms with Crippen molar-refractivity contribution in [2.24, 2.45) is 0 Å². The lowest BCUT2D eigenvalue weighted by Gasteiger charge is -2.10. The highest BCUT2D eigenvalue weighted by atomic mass is 32.2. The summed E-state index contributed by atoms with van der Waals surface area (Å²) < 4.78 is 6.51. The first-order chi connectivity index (χ1) is 12.7. The Balaban J connectivity index is 1.56. The summed E-state index contributed by atoms with van der Waals surface area (Å²) >= 11 is 6.30. The fourth-order valence-electron chi connectivity index (χ4n) is 2.78. The first-order valence-electron chi connectivity index (χ1n) is 8.13. The summed E-state index contributed by atoms with van der Waals surface area (Å²) in [5, 5.41) is 5.03. The Labute approximate surface area is 161 Å². The van der Waals surface area contributed by atoms with Crippen LogP contribution in [0.2, 0.25) is 0 Å². The van der Waals surface area contributed by atoms with Gasteiger partial charge in [0.25, 0.3) is 5.91 Å². The number of thiocarbonyl (C=S) groups is 1. The van der Waals surface area contributed by atoms with Gasteiger partial charge in [0.2, 0.25) is 0 Å². The maximum atomic E-state index is 11.9. The molecule has 1 amide bonds. The van der Waals surface area contributed by atoms with Gasteiger partial charge in [-0.05, 0) is 34.5 Å². The van der Waals surface area contributed by atoms with Gasteiger partial charge in [0.15, 0.2) is 0 Å². The molecule has 1 aliphatic rings. The minimum Gasteiger partial charge on any atom is -0.488 e. The number of thioether (sulfide) groups is 1. The number of carbonyl (C=O) groups is 1. The molecule has 0 saturated carbocycles. The highest BCUT2D eigenvalue weighted by molar-refractivity contribution is 8.26. The first kappa shape index (κ1) is 16.8. The highest BCUT2D eigenvalue weighted by Gasteiger charge is 2.22. The fraction of sp³-hybridized carbons (Fsp3) is 0.0476. The van der Waals surface area contributed by atoms with Crippen LogP contribution in [0.1, 0.15) is 11.1 Å². The van der Waals surface area contributed by atoms with Crippen molar-refractivity contribution in [2.45, 2.75) is 6.61 Å². The van der Waals surface area contributed by atoms with Gasteiger partial charge in [-0.15, -0.1) is 0 Å². The Bertz CT molecular complexity index is 1040. The molecule has 0 spiro atoms. The maximum Gasteiger partial charge on any atom is 0.263 e. The average Bonchev–Trinajstić information content (AvgIpc) is 2.98. The van der Waals surface area contributed by atoms with Crippen molar-refractivity contribution < 1.29 is 9.53 Å². The number of para-hydroxylation sites is 1. The molecule has 1 N–H and O–H groups in total. The van der Waals surface area contributed by atoms with Crippen LogP contribution >= 0.6 is 24.0 Å². The molecule has 4 rings (SSSR count). The van der Waals surface area contributed by atoms with Crippen LogP contribution in [0.4, 0.5) is 0 Å². The monoisotopic (exact) mass is 377 g/mol. The minimum atomic E-state index is -0.163. The van der Waals surface area contributed by atoms with Crippen LogP contribution in [0.5, 0.6) is 5.75 Å². The summed E-state index contributed by atoms with van der Waals surface area (Å²) in [5.41, 5.74) is 1.95.